The first-order valence-electron chi connectivity index (χ1n) is 7.91. The maximum atomic E-state index is 12.0. The Kier molecular flexibility index (Phi) is 10.2. The molecule has 0 unspecified atom stereocenters. The molecule has 0 fully saturated rings. The summed E-state index contributed by atoms with van der Waals surface area (Å²) < 4.78 is 5.25. The quantitative estimate of drug-likeness (QED) is 0.352. The Morgan fingerprint density at radius 1 is 1.12 bits per heavy atom. The molecule has 0 atom stereocenters. The summed E-state index contributed by atoms with van der Waals surface area (Å²) in [6, 6.07) is 4.79. The smallest absolute Gasteiger partial charge is 0.251 e. The molecule has 0 spiro atoms. The Hall–Kier alpha value is -1.50. The number of ether oxygens (including phenoxy) is 1. The van der Waals surface area contributed by atoms with Crippen LogP contribution in [-0.2, 0) is 4.74 Å². The summed E-state index contributed by atoms with van der Waals surface area (Å²) in [5.41, 5.74) is 0.474. The van der Waals surface area contributed by atoms with Crippen molar-refractivity contribution in [2.24, 2.45) is 4.99 Å². The first-order chi connectivity index (χ1) is 11.6. The van der Waals surface area contributed by atoms with Gasteiger partial charge in [-0.25, -0.2) is 0 Å². The molecular formula is C16H24Cl2N4O2. The molecule has 1 amide bonds. The zero-order valence-corrected chi connectivity index (χ0v) is 15.5. The van der Waals surface area contributed by atoms with Gasteiger partial charge in [-0.15, -0.1) is 0 Å². The van der Waals surface area contributed by atoms with Gasteiger partial charge in [-0.05, 0) is 32.0 Å². The molecule has 0 heterocycles. The van der Waals surface area contributed by atoms with E-state index in [1.165, 1.54) is 0 Å². The van der Waals surface area contributed by atoms with Crippen LogP contribution in [0.5, 0.6) is 0 Å². The molecule has 0 aromatic heterocycles. The number of carbonyl (C=O) groups is 1. The van der Waals surface area contributed by atoms with Crippen LogP contribution >= 0.6 is 23.2 Å². The third-order valence-electron chi connectivity index (χ3n) is 2.94. The zero-order chi connectivity index (χ0) is 17.8. The molecule has 6 nitrogen and oxygen atoms in total. The lowest BCUT2D eigenvalue weighted by Gasteiger charge is -2.12. The highest BCUT2D eigenvalue weighted by atomic mass is 35.5. The fourth-order valence-corrected chi connectivity index (χ4v) is 2.10. The summed E-state index contributed by atoms with van der Waals surface area (Å²) in [5.74, 6) is 0.495. The normalized spacial score (nSPS) is 11.2. The summed E-state index contributed by atoms with van der Waals surface area (Å²) in [4.78, 5) is 16.4. The first-order valence-corrected chi connectivity index (χ1v) is 8.67. The summed E-state index contributed by atoms with van der Waals surface area (Å²) in [6.07, 6.45) is 0. The van der Waals surface area contributed by atoms with E-state index < -0.39 is 0 Å². The van der Waals surface area contributed by atoms with Crippen LogP contribution in [0.3, 0.4) is 0 Å². The van der Waals surface area contributed by atoms with E-state index in [4.69, 9.17) is 27.9 Å². The molecule has 0 aliphatic heterocycles. The monoisotopic (exact) mass is 374 g/mol. The lowest BCUT2D eigenvalue weighted by Crippen LogP contribution is -2.41. The van der Waals surface area contributed by atoms with Gasteiger partial charge >= 0.3 is 0 Å². The Morgan fingerprint density at radius 2 is 1.88 bits per heavy atom. The van der Waals surface area contributed by atoms with Crippen molar-refractivity contribution in [3.8, 4) is 0 Å². The van der Waals surface area contributed by atoms with Crippen LogP contribution in [0.2, 0.25) is 10.0 Å². The molecular weight excluding hydrogens is 351 g/mol. The number of nitrogens with one attached hydrogen (secondary N) is 3. The summed E-state index contributed by atoms with van der Waals surface area (Å²) >= 11 is 11.7. The number of guanidine groups is 1. The van der Waals surface area contributed by atoms with E-state index in [2.05, 4.69) is 20.9 Å². The fourth-order valence-electron chi connectivity index (χ4n) is 1.80. The van der Waals surface area contributed by atoms with Crippen molar-refractivity contribution in [1.82, 2.24) is 16.0 Å². The van der Waals surface area contributed by atoms with Crippen LogP contribution in [0.4, 0.5) is 0 Å². The molecule has 1 aromatic carbocycles. The maximum Gasteiger partial charge on any atom is 0.251 e. The second-order valence-corrected chi connectivity index (χ2v) is 5.58. The molecule has 0 radical (unpaired) electrons. The minimum absolute atomic E-state index is 0.200. The number of carbonyl (C=O) groups excluding carboxylic acids is 1. The Labute approximate surface area is 153 Å². The SMILES string of the molecule is CCNC(=NCCOCC)NCCNC(=O)c1ccc(Cl)c(Cl)c1. The van der Waals surface area contributed by atoms with E-state index in [1.807, 2.05) is 13.8 Å². The van der Waals surface area contributed by atoms with Gasteiger partial charge in [0.15, 0.2) is 5.96 Å². The van der Waals surface area contributed by atoms with Crippen molar-refractivity contribution in [3.63, 3.8) is 0 Å². The zero-order valence-electron chi connectivity index (χ0n) is 14.0. The largest absolute Gasteiger partial charge is 0.380 e. The van der Waals surface area contributed by atoms with E-state index >= 15 is 0 Å². The van der Waals surface area contributed by atoms with Crippen molar-refractivity contribution in [1.29, 1.82) is 0 Å². The van der Waals surface area contributed by atoms with Crippen LogP contribution in [-0.4, -0.2) is 51.3 Å². The Bertz CT molecular complexity index is 553. The molecule has 0 aliphatic rings. The van der Waals surface area contributed by atoms with Gasteiger partial charge in [0, 0.05) is 31.8 Å². The highest BCUT2D eigenvalue weighted by molar-refractivity contribution is 6.42. The van der Waals surface area contributed by atoms with Gasteiger partial charge in [-0.1, -0.05) is 23.2 Å². The van der Waals surface area contributed by atoms with Gasteiger partial charge in [-0.3, -0.25) is 9.79 Å². The number of halogens is 2. The van der Waals surface area contributed by atoms with Gasteiger partial charge in [0.1, 0.15) is 0 Å². The van der Waals surface area contributed by atoms with Crippen LogP contribution in [0.15, 0.2) is 23.2 Å². The van der Waals surface area contributed by atoms with Crippen molar-refractivity contribution in [2.75, 3.05) is 39.4 Å². The average Bonchev–Trinajstić information content (AvgIpc) is 2.57. The molecule has 0 saturated carbocycles. The standard InChI is InChI=1S/C16H24Cl2N4O2/c1-3-19-16(22-9-10-24-4-2)21-8-7-20-15(23)12-5-6-13(17)14(18)11-12/h5-6,11H,3-4,7-10H2,1-2H3,(H,20,23)(H2,19,21,22). The van der Waals surface area contributed by atoms with Crippen LogP contribution in [0.25, 0.3) is 0 Å². The summed E-state index contributed by atoms with van der Waals surface area (Å²) in [5, 5.41) is 9.87. The number of benzene rings is 1. The van der Waals surface area contributed by atoms with Crippen molar-refractivity contribution < 1.29 is 9.53 Å². The molecule has 1 rings (SSSR count). The predicted octanol–water partition coefficient (Wildman–Crippen LogP) is 2.31. The number of amides is 1. The predicted molar refractivity (Wildman–Crippen MR) is 99.3 cm³/mol. The molecule has 3 N–H and O–H groups in total. The Balaban J connectivity index is 2.36. The van der Waals surface area contributed by atoms with Crippen LogP contribution < -0.4 is 16.0 Å². The number of rotatable bonds is 9. The van der Waals surface area contributed by atoms with E-state index in [0.29, 0.717) is 54.4 Å². The molecule has 8 heteroatoms. The second kappa shape index (κ2) is 11.9. The highest BCUT2D eigenvalue weighted by Gasteiger charge is 2.07. The van der Waals surface area contributed by atoms with E-state index in [-0.39, 0.29) is 5.91 Å². The van der Waals surface area contributed by atoms with Crippen molar-refractivity contribution in [2.45, 2.75) is 13.8 Å². The van der Waals surface area contributed by atoms with E-state index in [1.54, 1.807) is 18.2 Å². The topological polar surface area (TPSA) is 74.8 Å². The fraction of sp³-hybridized carbons (Fsp3) is 0.500. The summed E-state index contributed by atoms with van der Waals surface area (Å²) in [6.45, 7) is 7.55. The third kappa shape index (κ3) is 7.86. The maximum absolute atomic E-state index is 12.0. The van der Waals surface area contributed by atoms with Crippen molar-refractivity contribution >= 4 is 35.1 Å². The molecule has 1 aromatic rings. The number of nitrogens with zero attached hydrogens (tertiary/aromatic N) is 1. The minimum atomic E-state index is -0.200. The van der Waals surface area contributed by atoms with E-state index in [0.717, 1.165) is 6.54 Å². The first kappa shape index (κ1) is 20.5. The molecule has 0 aliphatic carbocycles. The van der Waals surface area contributed by atoms with Crippen LogP contribution in [0.1, 0.15) is 24.2 Å². The summed E-state index contributed by atoms with van der Waals surface area (Å²) in [7, 11) is 0. The van der Waals surface area contributed by atoms with Gasteiger partial charge in [0.2, 0.25) is 0 Å². The van der Waals surface area contributed by atoms with E-state index in [9.17, 15) is 4.79 Å². The van der Waals surface area contributed by atoms with Crippen molar-refractivity contribution in [3.05, 3.63) is 33.8 Å². The second-order valence-electron chi connectivity index (χ2n) is 4.77. The molecule has 134 valence electrons. The number of hydrogen-bond donors (Lipinski definition) is 3. The minimum Gasteiger partial charge on any atom is -0.380 e. The highest BCUT2D eigenvalue weighted by Crippen LogP contribution is 2.22. The lowest BCUT2D eigenvalue weighted by atomic mass is 10.2. The third-order valence-corrected chi connectivity index (χ3v) is 3.68. The van der Waals surface area contributed by atoms with Gasteiger partial charge in [0.25, 0.3) is 5.91 Å². The van der Waals surface area contributed by atoms with Gasteiger partial charge in [0.05, 0.1) is 23.2 Å². The number of aliphatic imine (C=N–C) groups is 1. The molecule has 24 heavy (non-hydrogen) atoms. The average molecular weight is 375 g/mol. The Morgan fingerprint density at radius 3 is 2.54 bits per heavy atom. The van der Waals surface area contributed by atoms with Gasteiger partial charge < -0.3 is 20.7 Å². The van der Waals surface area contributed by atoms with Gasteiger partial charge in [-0.2, -0.15) is 0 Å². The lowest BCUT2D eigenvalue weighted by molar-refractivity contribution is 0.0954. The van der Waals surface area contributed by atoms with Crippen LogP contribution in [0, 0.1) is 0 Å². The number of hydrogen-bond acceptors (Lipinski definition) is 3. The molecule has 0 saturated heterocycles. The molecule has 0 bridgehead atoms.